The quantitative estimate of drug-likeness (QED) is 0.284. The summed E-state index contributed by atoms with van der Waals surface area (Å²) in [5.41, 5.74) is -0.304. The van der Waals surface area contributed by atoms with Crippen molar-refractivity contribution in [2.45, 2.75) is 32.8 Å². The molecule has 17 heavy (non-hydrogen) atoms. The first-order valence-corrected chi connectivity index (χ1v) is 5.08. The molecule has 94 valence electrons. The lowest BCUT2D eigenvalue weighted by atomic mass is 10.1. The third-order valence-electron chi connectivity index (χ3n) is 1.80. The van der Waals surface area contributed by atoms with E-state index < -0.39 is 17.5 Å². The van der Waals surface area contributed by atoms with Gasteiger partial charge in [0.25, 0.3) is 0 Å². The maximum Gasteiger partial charge on any atom is 0.219 e. The van der Waals surface area contributed by atoms with E-state index >= 15 is 0 Å². The van der Waals surface area contributed by atoms with E-state index in [-0.39, 0.29) is 17.9 Å². The van der Waals surface area contributed by atoms with Gasteiger partial charge < -0.3 is 10.6 Å². The molecular formula is C11H15F2N3O. The SMILES string of the molecule is CC(C)(C)OC(Cc1ccc(F)nc1F)=NN. The number of nitrogens with zero attached hydrogens (tertiary/aromatic N) is 2. The van der Waals surface area contributed by atoms with Gasteiger partial charge in [-0.2, -0.15) is 13.8 Å². The van der Waals surface area contributed by atoms with E-state index in [1.54, 1.807) is 0 Å². The zero-order chi connectivity index (χ0) is 13.1. The first kappa shape index (κ1) is 13.3. The number of nitrogens with two attached hydrogens (primary N) is 1. The Bertz CT molecular complexity index is 427. The highest BCUT2D eigenvalue weighted by atomic mass is 19.1. The Labute approximate surface area is 98.5 Å². The number of halogens is 2. The molecule has 0 radical (unpaired) electrons. The van der Waals surface area contributed by atoms with Crippen LogP contribution in [0.15, 0.2) is 17.2 Å². The summed E-state index contributed by atoms with van der Waals surface area (Å²) in [5, 5.41) is 3.44. The summed E-state index contributed by atoms with van der Waals surface area (Å²) in [7, 11) is 0. The maximum atomic E-state index is 13.3. The molecule has 0 saturated carbocycles. The third-order valence-corrected chi connectivity index (χ3v) is 1.80. The zero-order valence-corrected chi connectivity index (χ0v) is 10.00. The lowest BCUT2D eigenvalue weighted by molar-refractivity contribution is 0.112. The Morgan fingerprint density at radius 1 is 1.41 bits per heavy atom. The summed E-state index contributed by atoms with van der Waals surface area (Å²) < 4.78 is 31.3. The second kappa shape index (κ2) is 5.07. The fraction of sp³-hybridized carbons (Fsp3) is 0.455. The average Bonchev–Trinajstić information content (AvgIpc) is 2.19. The fourth-order valence-electron chi connectivity index (χ4n) is 1.20. The van der Waals surface area contributed by atoms with Gasteiger partial charge in [0.2, 0.25) is 17.8 Å². The standard InChI is InChI=1S/C11H15F2N3O/c1-11(2,3)17-9(16-14)6-7-4-5-8(12)15-10(7)13/h4-5H,6,14H2,1-3H3. The highest BCUT2D eigenvalue weighted by Gasteiger charge is 2.17. The number of hydrogen-bond acceptors (Lipinski definition) is 4. The largest absolute Gasteiger partial charge is 0.474 e. The molecule has 0 atom stereocenters. The predicted molar refractivity (Wildman–Crippen MR) is 60.3 cm³/mol. The van der Waals surface area contributed by atoms with Crippen molar-refractivity contribution in [3.05, 3.63) is 29.6 Å². The maximum absolute atomic E-state index is 13.3. The Morgan fingerprint density at radius 3 is 2.53 bits per heavy atom. The van der Waals surface area contributed by atoms with Gasteiger partial charge in [-0.25, -0.2) is 0 Å². The number of aromatic nitrogens is 1. The van der Waals surface area contributed by atoms with Crippen LogP contribution in [0.25, 0.3) is 0 Å². The first-order chi connectivity index (χ1) is 7.81. The third kappa shape index (κ3) is 4.34. The normalized spacial score (nSPS) is 12.6. The molecule has 1 aromatic heterocycles. The highest BCUT2D eigenvalue weighted by Crippen LogP contribution is 2.12. The van der Waals surface area contributed by atoms with Crippen LogP contribution in [0.5, 0.6) is 0 Å². The number of hydrazone groups is 1. The van der Waals surface area contributed by atoms with Crippen molar-refractivity contribution in [3.63, 3.8) is 0 Å². The summed E-state index contributed by atoms with van der Waals surface area (Å²) in [5.74, 6) is 3.57. The van der Waals surface area contributed by atoms with Crippen LogP contribution in [0, 0.1) is 11.9 Å². The summed E-state index contributed by atoms with van der Waals surface area (Å²) in [6.45, 7) is 5.45. The Kier molecular flexibility index (Phi) is 3.98. The van der Waals surface area contributed by atoms with Gasteiger partial charge in [0.1, 0.15) is 5.60 Å². The van der Waals surface area contributed by atoms with E-state index in [0.717, 1.165) is 6.07 Å². The van der Waals surface area contributed by atoms with Gasteiger partial charge in [-0.3, -0.25) is 0 Å². The van der Waals surface area contributed by atoms with Crippen molar-refractivity contribution in [2.24, 2.45) is 10.9 Å². The van der Waals surface area contributed by atoms with E-state index in [1.807, 2.05) is 20.8 Å². The molecule has 1 aromatic rings. The minimum atomic E-state index is -0.886. The average molecular weight is 243 g/mol. The molecule has 0 spiro atoms. The zero-order valence-electron chi connectivity index (χ0n) is 10.00. The van der Waals surface area contributed by atoms with Crippen molar-refractivity contribution in [1.29, 1.82) is 0 Å². The van der Waals surface area contributed by atoms with Crippen LogP contribution in [-0.2, 0) is 11.2 Å². The van der Waals surface area contributed by atoms with Crippen LogP contribution >= 0.6 is 0 Å². The van der Waals surface area contributed by atoms with Gasteiger partial charge >= 0.3 is 0 Å². The summed E-state index contributed by atoms with van der Waals surface area (Å²) in [4.78, 5) is 3.07. The van der Waals surface area contributed by atoms with Gasteiger partial charge in [0.05, 0.1) is 6.42 Å². The summed E-state index contributed by atoms with van der Waals surface area (Å²) >= 11 is 0. The minimum Gasteiger partial charge on any atom is -0.474 e. The number of pyridine rings is 1. The van der Waals surface area contributed by atoms with Gasteiger partial charge in [0, 0.05) is 5.56 Å². The van der Waals surface area contributed by atoms with Crippen molar-refractivity contribution in [3.8, 4) is 0 Å². The van der Waals surface area contributed by atoms with Crippen LogP contribution < -0.4 is 5.84 Å². The minimum absolute atomic E-state index is 0.0346. The Morgan fingerprint density at radius 2 is 2.06 bits per heavy atom. The molecule has 0 aliphatic heterocycles. The molecule has 4 nitrogen and oxygen atoms in total. The fourth-order valence-corrected chi connectivity index (χ4v) is 1.20. The topological polar surface area (TPSA) is 60.5 Å². The molecule has 0 aromatic carbocycles. The summed E-state index contributed by atoms with van der Waals surface area (Å²) in [6, 6.07) is 2.36. The van der Waals surface area contributed by atoms with Gasteiger partial charge in [-0.05, 0) is 32.9 Å². The molecule has 2 N–H and O–H groups in total. The van der Waals surface area contributed by atoms with Crippen LogP contribution in [-0.4, -0.2) is 16.5 Å². The van der Waals surface area contributed by atoms with Crippen LogP contribution in [0.3, 0.4) is 0 Å². The number of ether oxygens (including phenoxy) is 1. The Hall–Kier alpha value is -1.72. The highest BCUT2D eigenvalue weighted by molar-refractivity contribution is 5.78. The molecule has 1 heterocycles. The molecule has 0 aliphatic carbocycles. The van der Waals surface area contributed by atoms with Crippen LogP contribution in [0.1, 0.15) is 26.3 Å². The molecule has 0 unspecified atom stereocenters. The van der Waals surface area contributed by atoms with Crippen LogP contribution in [0.4, 0.5) is 8.78 Å². The lowest BCUT2D eigenvalue weighted by Gasteiger charge is -2.21. The smallest absolute Gasteiger partial charge is 0.219 e. The van der Waals surface area contributed by atoms with Crippen molar-refractivity contribution in [1.82, 2.24) is 4.98 Å². The van der Waals surface area contributed by atoms with E-state index in [9.17, 15) is 8.78 Å². The van der Waals surface area contributed by atoms with E-state index in [0.29, 0.717) is 0 Å². The monoisotopic (exact) mass is 243 g/mol. The van der Waals surface area contributed by atoms with E-state index in [2.05, 4.69) is 10.1 Å². The van der Waals surface area contributed by atoms with Gasteiger partial charge in [-0.1, -0.05) is 0 Å². The molecular weight excluding hydrogens is 228 g/mol. The second-order valence-corrected chi connectivity index (χ2v) is 4.50. The van der Waals surface area contributed by atoms with Crippen molar-refractivity contribution in [2.75, 3.05) is 0 Å². The lowest BCUT2D eigenvalue weighted by Crippen LogP contribution is -2.26. The van der Waals surface area contributed by atoms with E-state index in [4.69, 9.17) is 10.6 Å². The number of hydrogen-bond donors (Lipinski definition) is 1. The number of rotatable bonds is 2. The predicted octanol–water partition coefficient (Wildman–Crippen LogP) is 1.99. The van der Waals surface area contributed by atoms with Gasteiger partial charge in [0.15, 0.2) is 0 Å². The van der Waals surface area contributed by atoms with Crippen molar-refractivity contribution >= 4 is 5.90 Å². The molecule has 0 fully saturated rings. The molecule has 0 amide bonds. The Balaban J connectivity index is 2.82. The second-order valence-electron chi connectivity index (χ2n) is 4.50. The van der Waals surface area contributed by atoms with Gasteiger partial charge in [-0.15, -0.1) is 5.10 Å². The summed E-state index contributed by atoms with van der Waals surface area (Å²) in [6.07, 6.45) is 0.0346. The van der Waals surface area contributed by atoms with Crippen molar-refractivity contribution < 1.29 is 13.5 Å². The molecule has 0 saturated heterocycles. The molecule has 0 bridgehead atoms. The molecule has 0 aliphatic rings. The molecule has 6 heteroatoms. The van der Waals surface area contributed by atoms with Crippen LogP contribution in [0.2, 0.25) is 0 Å². The first-order valence-electron chi connectivity index (χ1n) is 5.08. The molecule has 1 rings (SSSR count). The van der Waals surface area contributed by atoms with E-state index in [1.165, 1.54) is 6.07 Å².